The first-order chi connectivity index (χ1) is 9.06. The van der Waals surface area contributed by atoms with Crippen molar-refractivity contribution in [2.75, 3.05) is 33.7 Å². The molecule has 0 aromatic carbocycles. The van der Waals surface area contributed by atoms with Crippen LogP contribution in [-0.4, -0.2) is 54.6 Å². The average molecular weight is 266 g/mol. The number of hydrogen-bond donors (Lipinski definition) is 1. The minimum Gasteiger partial charge on any atom is -0.475 e. The lowest BCUT2D eigenvalue weighted by Gasteiger charge is -2.31. The van der Waals surface area contributed by atoms with Crippen molar-refractivity contribution in [1.29, 1.82) is 0 Å². The Hall–Kier alpha value is -1.33. The summed E-state index contributed by atoms with van der Waals surface area (Å²) in [6.07, 6.45) is 3.89. The third-order valence-electron chi connectivity index (χ3n) is 3.79. The molecule has 1 saturated heterocycles. The van der Waals surface area contributed by atoms with Crippen LogP contribution in [0.1, 0.15) is 29.0 Å². The van der Waals surface area contributed by atoms with E-state index in [1.165, 1.54) is 19.1 Å². The summed E-state index contributed by atoms with van der Waals surface area (Å²) >= 11 is 0. The highest BCUT2D eigenvalue weighted by Gasteiger charge is 2.20. The molecule has 1 fully saturated rings. The number of carboxylic acids is 1. The van der Waals surface area contributed by atoms with Crippen molar-refractivity contribution >= 4 is 5.97 Å². The number of piperidine rings is 1. The molecule has 1 aliphatic rings. The number of likely N-dealkylation sites (tertiary alicyclic amines) is 1. The third-order valence-corrected chi connectivity index (χ3v) is 3.79. The van der Waals surface area contributed by atoms with Gasteiger partial charge in [0.05, 0.1) is 6.26 Å². The van der Waals surface area contributed by atoms with Crippen molar-refractivity contribution in [3.8, 4) is 0 Å². The van der Waals surface area contributed by atoms with Crippen LogP contribution in [0.15, 0.2) is 16.7 Å². The van der Waals surface area contributed by atoms with Crippen molar-refractivity contribution in [2.24, 2.45) is 5.92 Å². The minimum absolute atomic E-state index is 0.0650. The lowest BCUT2D eigenvalue weighted by molar-refractivity contribution is 0.0659. The largest absolute Gasteiger partial charge is 0.475 e. The van der Waals surface area contributed by atoms with Gasteiger partial charge in [0.15, 0.2) is 0 Å². The van der Waals surface area contributed by atoms with Crippen LogP contribution < -0.4 is 0 Å². The fourth-order valence-electron chi connectivity index (χ4n) is 2.69. The molecular weight excluding hydrogens is 244 g/mol. The van der Waals surface area contributed by atoms with Crippen LogP contribution in [0.4, 0.5) is 0 Å². The maximum atomic E-state index is 11.0. The quantitative estimate of drug-likeness (QED) is 0.880. The summed E-state index contributed by atoms with van der Waals surface area (Å²) < 4.78 is 5.00. The van der Waals surface area contributed by atoms with E-state index in [0.29, 0.717) is 12.5 Å². The zero-order valence-electron chi connectivity index (χ0n) is 11.6. The molecule has 0 bridgehead atoms. The van der Waals surface area contributed by atoms with Gasteiger partial charge in [-0.25, -0.2) is 4.79 Å². The van der Waals surface area contributed by atoms with Crippen LogP contribution >= 0.6 is 0 Å². The van der Waals surface area contributed by atoms with Crippen LogP contribution in [0.2, 0.25) is 0 Å². The Labute approximate surface area is 113 Å². The molecule has 1 aliphatic heterocycles. The zero-order valence-corrected chi connectivity index (χ0v) is 11.6. The van der Waals surface area contributed by atoms with Gasteiger partial charge in [-0.3, -0.25) is 0 Å². The van der Waals surface area contributed by atoms with Crippen LogP contribution in [0.5, 0.6) is 0 Å². The Kier molecular flexibility index (Phi) is 4.61. The van der Waals surface area contributed by atoms with Crippen molar-refractivity contribution in [2.45, 2.75) is 19.4 Å². The average Bonchev–Trinajstić information content (AvgIpc) is 2.80. The van der Waals surface area contributed by atoms with Gasteiger partial charge < -0.3 is 19.3 Å². The normalized spacial score (nSPS) is 18.1. The topological polar surface area (TPSA) is 56.9 Å². The predicted molar refractivity (Wildman–Crippen MR) is 72.2 cm³/mol. The summed E-state index contributed by atoms with van der Waals surface area (Å²) in [4.78, 5) is 15.5. The first kappa shape index (κ1) is 14.1. The number of carbonyl (C=O) groups is 1. The van der Waals surface area contributed by atoms with Gasteiger partial charge >= 0.3 is 5.97 Å². The number of rotatable bonds is 5. The number of furan rings is 1. The highest BCUT2D eigenvalue weighted by Crippen LogP contribution is 2.19. The lowest BCUT2D eigenvalue weighted by Crippen LogP contribution is -2.35. The Morgan fingerprint density at radius 2 is 2.21 bits per heavy atom. The number of aromatic carboxylic acids is 1. The molecule has 2 rings (SSSR count). The van der Waals surface area contributed by atoms with Gasteiger partial charge in [0.1, 0.15) is 0 Å². The second-order valence-electron chi connectivity index (χ2n) is 5.52. The summed E-state index contributed by atoms with van der Waals surface area (Å²) in [6.45, 7) is 3.96. The molecule has 0 saturated carbocycles. The van der Waals surface area contributed by atoms with E-state index in [2.05, 4.69) is 16.8 Å². The fourth-order valence-corrected chi connectivity index (χ4v) is 2.69. The molecule has 5 nitrogen and oxygen atoms in total. The predicted octanol–water partition coefficient (Wildman–Crippen LogP) is 1.75. The van der Waals surface area contributed by atoms with Crippen molar-refractivity contribution in [3.63, 3.8) is 0 Å². The number of hydrogen-bond acceptors (Lipinski definition) is 4. The van der Waals surface area contributed by atoms with Crippen molar-refractivity contribution < 1.29 is 14.3 Å². The van der Waals surface area contributed by atoms with E-state index in [9.17, 15) is 4.79 Å². The van der Waals surface area contributed by atoms with Gasteiger partial charge in [-0.05, 0) is 52.0 Å². The van der Waals surface area contributed by atoms with Gasteiger partial charge in [0.25, 0.3) is 0 Å². The van der Waals surface area contributed by atoms with E-state index in [1.807, 2.05) is 7.05 Å². The van der Waals surface area contributed by atoms with E-state index >= 15 is 0 Å². The molecule has 0 aliphatic carbocycles. The maximum Gasteiger partial charge on any atom is 0.372 e. The van der Waals surface area contributed by atoms with Crippen molar-refractivity contribution in [1.82, 2.24) is 9.80 Å². The van der Waals surface area contributed by atoms with E-state index in [4.69, 9.17) is 9.52 Å². The first-order valence-electron chi connectivity index (χ1n) is 6.73. The van der Waals surface area contributed by atoms with Gasteiger partial charge in [-0.2, -0.15) is 0 Å². The van der Waals surface area contributed by atoms with Crippen LogP contribution in [0.3, 0.4) is 0 Å². The molecule has 0 spiro atoms. The zero-order chi connectivity index (χ0) is 13.8. The van der Waals surface area contributed by atoms with E-state index in [-0.39, 0.29) is 5.76 Å². The Morgan fingerprint density at radius 3 is 2.84 bits per heavy atom. The van der Waals surface area contributed by atoms with Gasteiger partial charge in [-0.1, -0.05) is 0 Å². The highest BCUT2D eigenvalue weighted by molar-refractivity contribution is 5.86. The summed E-state index contributed by atoms with van der Waals surface area (Å²) in [5.41, 5.74) is 0.753. The molecule has 5 heteroatoms. The van der Waals surface area contributed by atoms with Crippen molar-refractivity contribution in [3.05, 3.63) is 23.7 Å². The molecule has 106 valence electrons. The summed E-state index contributed by atoms with van der Waals surface area (Å²) in [5, 5.41) is 9.00. The molecule has 1 N–H and O–H groups in total. The Balaban J connectivity index is 1.85. The molecule has 1 aromatic rings. The Morgan fingerprint density at radius 1 is 1.53 bits per heavy atom. The molecule has 0 amide bonds. The van der Waals surface area contributed by atoms with Gasteiger partial charge in [0, 0.05) is 18.7 Å². The van der Waals surface area contributed by atoms with Gasteiger partial charge in [-0.15, -0.1) is 0 Å². The van der Waals surface area contributed by atoms with E-state index in [0.717, 1.165) is 25.2 Å². The van der Waals surface area contributed by atoms with E-state index in [1.54, 1.807) is 6.07 Å². The number of nitrogens with zero attached hydrogens (tertiary/aromatic N) is 2. The second-order valence-corrected chi connectivity index (χ2v) is 5.52. The lowest BCUT2D eigenvalue weighted by atomic mass is 9.96. The van der Waals surface area contributed by atoms with Crippen LogP contribution in [0.25, 0.3) is 0 Å². The summed E-state index contributed by atoms with van der Waals surface area (Å²) in [6, 6.07) is 1.74. The van der Waals surface area contributed by atoms with E-state index < -0.39 is 5.97 Å². The molecule has 0 atom stereocenters. The molecule has 0 unspecified atom stereocenters. The maximum absolute atomic E-state index is 11.0. The molecule has 19 heavy (non-hydrogen) atoms. The smallest absolute Gasteiger partial charge is 0.372 e. The third kappa shape index (κ3) is 3.81. The SMILES string of the molecule is CN1CCC(CN(C)Cc2ccoc2C(=O)O)CC1. The summed E-state index contributed by atoms with van der Waals surface area (Å²) in [7, 11) is 4.20. The minimum atomic E-state index is -0.993. The molecule has 0 radical (unpaired) electrons. The number of carboxylic acid groups (broad SMARTS) is 1. The van der Waals surface area contributed by atoms with Gasteiger partial charge in [0.2, 0.25) is 5.76 Å². The van der Waals surface area contributed by atoms with Crippen LogP contribution in [-0.2, 0) is 6.54 Å². The first-order valence-corrected chi connectivity index (χ1v) is 6.73. The molecular formula is C14H22N2O3. The standard InChI is InChI=1S/C14H22N2O3/c1-15-6-3-11(4-7-15)9-16(2)10-12-5-8-19-13(12)14(17)18/h5,8,11H,3-4,6-7,9-10H2,1-2H3,(H,17,18). The fraction of sp³-hybridized carbons (Fsp3) is 0.643. The monoisotopic (exact) mass is 266 g/mol. The van der Waals surface area contributed by atoms with Crippen LogP contribution in [0, 0.1) is 5.92 Å². The summed E-state index contributed by atoms with van der Waals surface area (Å²) in [5.74, 6) is -0.218. The second kappa shape index (κ2) is 6.21. The molecule has 1 aromatic heterocycles. The Bertz CT molecular complexity index is 422. The highest BCUT2D eigenvalue weighted by atomic mass is 16.4. The molecule has 2 heterocycles.